The van der Waals surface area contributed by atoms with E-state index in [1.54, 1.807) is 0 Å². The quantitative estimate of drug-likeness (QED) is 0.154. The molecule has 19 aromatic rings. The van der Waals surface area contributed by atoms with Gasteiger partial charge in [-0.1, -0.05) is 371 Å². The van der Waals surface area contributed by atoms with Crippen molar-refractivity contribution < 1.29 is 0 Å². The normalized spacial score (nSPS) is 14.6. The molecule has 622 valence electrons. The van der Waals surface area contributed by atoms with Gasteiger partial charge in [-0.05, 0) is 256 Å². The molecule has 0 fully saturated rings. The molecule has 0 bridgehead atoms. The van der Waals surface area contributed by atoms with Gasteiger partial charge in [-0.25, -0.2) is 0 Å². The zero-order valence-corrected chi connectivity index (χ0v) is 76.4. The number of benzene rings is 17. The van der Waals surface area contributed by atoms with E-state index in [-0.39, 0.29) is 33.8 Å². The maximum atomic E-state index is 2.74. The van der Waals surface area contributed by atoms with Crippen molar-refractivity contribution in [2.45, 2.75) is 142 Å². The average Bonchev–Trinajstić information content (AvgIpc) is 1.59. The summed E-state index contributed by atoms with van der Waals surface area (Å²) in [5, 5.41) is 5.04. The summed E-state index contributed by atoms with van der Waals surface area (Å²) in [6, 6.07) is 139. The van der Waals surface area contributed by atoms with Crippen LogP contribution in [0.3, 0.4) is 0 Å². The van der Waals surface area contributed by atoms with Crippen molar-refractivity contribution in [2.24, 2.45) is 0 Å². The molecule has 5 heteroatoms. The van der Waals surface area contributed by atoms with Gasteiger partial charge in [0.05, 0.1) is 44.3 Å². The fourth-order valence-corrected chi connectivity index (χ4v) is 24.2. The molecule has 129 heavy (non-hydrogen) atoms. The minimum atomic E-state index is -0.576. The summed E-state index contributed by atoms with van der Waals surface area (Å²) in [5.41, 5.74) is 47.9. The standard InChI is InChI=1S/C124H103BN4/c1-118(2,3)76-52-48-74(49-53-76)93-68-78(120(7,8)9)56-64-105(93)128-109-72-81(126-103-46-30-22-38-91(103)113-107(126)66-60-89-87-36-20-28-44-99(87)123(115(89)113)95-40-24-16-32-83(95)84-33-17-25-41-96(84)123)58-62-101(109)125-102-63-59-82(73-110(102)129(112-71-80(122(13,14)15)70-111(128)117(112)125)106-65-57-79(121(10,11)12)69-94(106)75-50-54-77(55-51-75)119(4,5)6)127-104-47-31-23-39-92(104)114-108(127)67-61-90-88-37-21-29-45-100(88)124(116(90)114)97-42-26-18-34-85(97)86-35-19-27-43-98(86)124/h16-73H,1-15H3. The number of nitrogens with zero attached hydrogens (tertiary/aromatic N) is 4. The fraction of sp³-hybridized carbons (Fsp3) is 0.177. The molecule has 4 aliphatic carbocycles. The van der Waals surface area contributed by atoms with Gasteiger partial charge in [0.15, 0.2) is 0 Å². The Morgan fingerprint density at radius 3 is 0.853 bits per heavy atom. The van der Waals surface area contributed by atoms with Crippen LogP contribution >= 0.6 is 0 Å². The van der Waals surface area contributed by atoms with Crippen molar-refractivity contribution in [2.75, 3.05) is 9.80 Å². The summed E-state index contributed by atoms with van der Waals surface area (Å²) in [6.45, 7) is 35.2. The summed E-state index contributed by atoms with van der Waals surface area (Å²) in [7, 11) is 0. The molecule has 25 rings (SSSR count). The maximum absolute atomic E-state index is 2.74. The summed E-state index contributed by atoms with van der Waals surface area (Å²) >= 11 is 0. The van der Waals surface area contributed by atoms with Crippen LogP contribution in [0.15, 0.2) is 352 Å². The van der Waals surface area contributed by atoms with Crippen molar-refractivity contribution in [1.29, 1.82) is 0 Å². The van der Waals surface area contributed by atoms with Crippen LogP contribution in [0.4, 0.5) is 34.1 Å². The highest BCUT2D eigenvalue weighted by atomic mass is 15.2. The van der Waals surface area contributed by atoms with E-state index in [1.807, 2.05) is 0 Å². The molecule has 0 unspecified atom stereocenters. The van der Waals surface area contributed by atoms with Crippen LogP contribution in [-0.4, -0.2) is 15.8 Å². The maximum Gasteiger partial charge on any atom is 0.252 e. The third-order valence-corrected chi connectivity index (χ3v) is 30.3. The number of aromatic nitrogens is 2. The van der Waals surface area contributed by atoms with Gasteiger partial charge in [0.1, 0.15) is 0 Å². The van der Waals surface area contributed by atoms with Crippen LogP contribution in [0, 0.1) is 0 Å². The molecule has 2 aliphatic heterocycles. The Morgan fingerprint density at radius 2 is 0.519 bits per heavy atom. The van der Waals surface area contributed by atoms with E-state index >= 15 is 0 Å². The van der Waals surface area contributed by atoms with E-state index in [0.29, 0.717) is 0 Å². The lowest BCUT2D eigenvalue weighted by atomic mass is 9.33. The number of hydrogen-bond acceptors (Lipinski definition) is 2. The number of para-hydroxylation sites is 2. The number of anilines is 6. The van der Waals surface area contributed by atoms with Crippen LogP contribution in [0.5, 0.6) is 0 Å². The second-order valence-electron chi connectivity index (χ2n) is 42.6. The van der Waals surface area contributed by atoms with E-state index in [9.17, 15) is 0 Å². The Bertz CT molecular complexity index is 7490. The SMILES string of the molecule is CC(C)(C)c1ccc(-c2cc(C(C)(C)C)ccc2N2c3cc(-n4c5ccccc5c5c6c(ccc54)-c4ccccc4C64c5ccccc5-c5ccccc54)ccc3B3c4ccc(-n5c6ccccc6c6c7c(ccc65)-c5ccccc5C75c6ccccc6-c6ccccc65)cc4N(c4ccc(C(C)(C)C)cc4-c4ccc(C(C)(C)C)cc4)c4cc(C(C)(C)C)cc2c43)cc1. The Hall–Kier alpha value is -14.0. The van der Waals surface area contributed by atoms with Crippen molar-refractivity contribution in [3.05, 3.63) is 424 Å². The lowest BCUT2D eigenvalue weighted by Gasteiger charge is -2.46. The van der Waals surface area contributed by atoms with Gasteiger partial charge in [0.2, 0.25) is 0 Å². The van der Waals surface area contributed by atoms with Crippen molar-refractivity contribution in [3.63, 3.8) is 0 Å². The lowest BCUT2D eigenvalue weighted by Crippen LogP contribution is -2.61. The van der Waals surface area contributed by atoms with E-state index in [4.69, 9.17) is 0 Å². The van der Waals surface area contributed by atoms with Gasteiger partial charge >= 0.3 is 0 Å². The first kappa shape index (κ1) is 77.4. The van der Waals surface area contributed by atoms with Gasteiger partial charge < -0.3 is 18.9 Å². The highest BCUT2D eigenvalue weighted by Gasteiger charge is 2.56. The Labute approximate surface area is 758 Å². The first-order valence-electron chi connectivity index (χ1n) is 46.5. The molecule has 17 aromatic carbocycles. The molecule has 0 N–H and O–H groups in total. The number of fused-ring (bicyclic) bond motifs is 32. The third-order valence-electron chi connectivity index (χ3n) is 30.3. The van der Waals surface area contributed by atoms with E-state index < -0.39 is 10.8 Å². The summed E-state index contributed by atoms with van der Waals surface area (Å²) in [4.78, 5) is 5.48. The van der Waals surface area contributed by atoms with Crippen LogP contribution in [-0.2, 0) is 37.9 Å². The lowest BCUT2D eigenvalue weighted by molar-refractivity contribution is 0.589. The molecule has 0 saturated carbocycles. The first-order valence-corrected chi connectivity index (χ1v) is 46.5. The second kappa shape index (κ2) is 26.8. The Balaban J connectivity index is 0.796. The van der Waals surface area contributed by atoms with Gasteiger partial charge in [-0.3, -0.25) is 0 Å². The molecular weight excluding hydrogens is 1560 g/mol. The molecule has 0 saturated heterocycles. The fourth-order valence-electron chi connectivity index (χ4n) is 24.2. The predicted octanol–water partition coefficient (Wildman–Crippen LogP) is 30.5. The predicted molar refractivity (Wildman–Crippen MR) is 546 cm³/mol. The highest BCUT2D eigenvalue weighted by Crippen LogP contribution is 2.68. The second-order valence-corrected chi connectivity index (χ2v) is 42.6. The molecule has 2 aromatic heterocycles. The Kier molecular flexibility index (Phi) is 16.1. The molecular formula is C124H103BN4. The number of hydrogen-bond donors (Lipinski definition) is 0. The van der Waals surface area contributed by atoms with Gasteiger partial charge in [0.25, 0.3) is 6.71 Å². The summed E-state index contributed by atoms with van der Waals surface area (Å²) < 4.78 is 5.25. The molecule has 6 aliphatic rings. The number of rotatable bonds is 6. The minimum absolute atomic E-state index is 0.0518. The van der Waals surface area contributed by atoms with E-state index in [1.165, 1.54) is 210 Å². The average molecular weight is 1660 g/mol. The smallest absolute Gasteiger partial charge is 0.252 e. The molecule has 4 nitrogen and oxygen atoms in total. The van der Waals surface area contributed by atoms with Crippen LogP contribution < -0.4 is 26.2 Å². The van der Waals surface area contributed by atoms with Crippen LogP contribution in [0.2, 0.25) is 0 Å². The highest BCUT2D eigenvalue weighted by molar-refractivity contribution is 7.00. The largest absolute Gasteiger partial charge is 0.311 e. The van der Waals surface area contributed by atoms with Crippen molar-refractivity contribution in [1.82, 2.24) is 9.13 Å². The van der Waals surface area contributed by atoms with Gasteiger partial charge in [0, 0.05) is 66.8 Å². The van der Waals surface area contributed by atoms with Crippen LogP contribution in [0.25, 0.3) is 122 Å². The molecule has 0 radical (unpaired) electrons. The van der Waals surface area contributed by atoms with Crippen LogP contribution in [0.1, 0.15) is 176 Å². The topological polar surface area (TPSA) is 16.3 Å². The van der Waals surface area contributed by atoms with E-state index in [0.717, 1.165) is 34.1 Å². The first-order chi connectivity index (χ1) is 62.2. The minimum Gasteiger partial charge on any atom is -0.311 e. The molecule has 0 amide bonds. The van der Waals surface area contributed by atoms with Gasteiger partial charge in [-0.15, -0.1) is 0 Å². The monoisotopic (exact) mass is 1660 g/mol. The van der Waals surface area contributed by atoms with Crippen molar-refractivity contribution in [3.8, 4) is 78.1 Å². The molecule has 2 spiro atoms. The Morgan fingerprint density at radius 1 is 0.217 bits per heavy atom. The summed E-state index contributed by atoms with van der Waals surface area (Å²) in [5.74, 6) is 0. The van der Waals surface area contributed by atoms with Crippen molar-refractivity contribution >= 4 is 101 Å². The molecule has 0 atom stereocenters. The van der Waals surface area contributed by atoms with Gasteiger partial charge in [-0.2, -0.15) is 0 Å². The van der Waals surface area contributed by atoms with E-state index in [2.05, 4.69) is 475 Å². The third kappa shape index (κ3) is 10.7. The zero-order chi connectivity index (χ0) is 87.8. The zero-order valence-electron chi connectivity index (χ0n) is 76.4. The molecule has 4 heterocycles. The summed E-state index contributed by atoms with van der Waals surface area (Å²) in [6.07, 6.45) is 0.